The van der Waals surface area contributed by atoms with Crippen molar-refractivity contribution in [2.75, 3.05) is 6.61 Å². The Morgan fingerprint density at radius 1 is 1.29 bits per heavy atom. The molecule has 7 nitrogen and oxygen atoms in total. The summed E-state index contributed by atoms with van der Waals surface area (Å²) in [6.07, 6.45) is 1.76. The van der Waals surface area contributed by atoms with Crippen molar-refractivity contribution in [3.8, 4) is 0 Å². The lowest BCUT2D eigenvalue weighted by molar-refractivity contribution is -0.124. The molecule has 8 heteroatoms. The number of hydrogen-bond acceptors (Lipinski definition) is 5. The molecule has 0 aromatic heterocycles. The van der Waals surface area contributed by atoms with Crippen LogP contribution in [0.4, 0.5) is 0 Å². The molecule has 0 radical (unpaired) electrons. The van der Waals surface area contributed by atoms with Crippen LogP contribution in [0.15, 0.2) is 17.0 Å². The van der Waals surface area contributed by atoms with Crippen LogP contribution in [0.1, 0.15) is 48.2 Å². The van der Waals surface area contributed by atoms with Crippen LogP contribution >= 0.6 is 0 Å². The number of amides is 1. The van der Waals surface area contributed by atoms with Gasteiger partial charge in [0, 0.05) is 6.04 Å². The topological polar surface area (TPSA) is 116 Å². The van der Waals surface area contributed by atoms with Crippen LogP contribution < -0.4 is 10.5 Å². The van der Waals surface area contributed by atoms with E-state index in [1.807, 2.05) is 13.8 Å². The Hall–Kier alpha value is -1.93. The Labute approximate surface area is 142 Å². The number of sulfonamides is 1. The summed E-state index contributed by atoms with van der Waals surface area (Å²) in [5.74, 6) is -1.18. The maximum Gasteiger partial charge on any atom is 0.338 e. The van der Waals surface area contributed by atoms with Gasteiger partial charge < -0.3 is 10.1 Å². The lowest BCUT2D eigenvalue weighted by atomic mass is 10.1. The predicted octanol–water partition coefficient (Wildman–Crippen LogP) is 1.41. The molecule has 0 aliphatic rings. The minimum absolute atomic E-state index is 0.00296. The summed E-state index contributed by atoms with van der Waals surface area (Å²) < 4.78 is 28.1. The molecule has 0 aliphatic carbocycles. The highest BCUT2D eigenvalue weighted by atomic mass is 32.2. The van der Waals surface area contributed by atoms with Crippen molar-refractivity contribution in [3.63, 3.8) is 0 Å². The molecule has 0 aliphatic heterocycles. The van der Waals surface area contributed by atoms with Crippen molar-refractivity contribution >= 4 is 21.9 Å². The number of carbonyl (C=O) groups is 2. The molecule has 0 saturated carbocycles. The number of nitrogens with one attached hydrogen (secondary N) is 1. The zero-order chi connectivity index (χ0) is 18.5. The Morgan fingerprint density at radius 2 is 1.92 bits per heavy atom. The number of rotatable bonds is 7. The molecule has 1 rings (SSSR count). The van der Waals surface area contributed by atoms with Gasteiger partial charge in [-0.25, -0.2) is 18.4 Å². The molecular weight excluding hydrogens is 332 g/mol. The van der Waals surface area contributed by atoms with Gasteiger partial charge in [-0.05, 0) is 50.5 Å². The summed E-state index contributed by atoms with van der Waals surface area (Å²) >= 11 is 0. The molecule has 0 heterocycles. The van der Waals surface area contributed by atoms with Gasteiger partial charge in [-0.15, -0.1) is 0 Å². The van der Waals surface area contributed by atoms with Gasteiger partial charge in [0.25, 0.3) is 5.91 Å². The standard InChI is InChI=1S/C16H24N2O5S/c1-5-6-11(3)18-15(19)9-23-16(20)13-7-10(2)12(4)14(8-13)24(17,21)22/h7-8,11H,5-6,9H2,1-4H3,(H,18,19)(H2,17,21,22). The van der Waals surface area contributed by atoms with Crippen LogP contribution in [0.5, 0.6) is 0 Å². The third-order valence-electron chi connectivity index (χ3n) is 3.63. The molecule has 0 saturated heterocycles. The second-order valence-corrected chi connectivity index (χ2v) is 7.32. The van der Waals surface area contributed by atoms with Gasteiger partial charge in [0.2, 0.25) is 10.0 Å². The average Bonchev–Trinajstić information content (AvgIpc) is 2.46. The zero-order valence-corrected chi connectivity index (χ0v) is 15.2. The molecule has 1 atom stereocenters. The van der Waals surface area contributed by atoms with Crippen molar-refractivity contribution < 1.29 is 22.7 Å². The normalized spacial score (nSPS) is 12.5. The summed E-state index contributed by atoms with van der Waals surface area (Å²) in [5.41, 5.74) is 1.10. The van der Waals surface area contributed by atoms with E-state index in [9.17, 15) is 18.0 Å². The third kappa shape index (κ3) is 5.61. The molecule has 3 N–H and O–H groups in total. The molecule has 1 unspecified atom stereocenters. The fourth-order valence-electron chi connectivity index (χ4n) is 2.28. The summed E-state index contributed by atoms with van der Waals surface area (Å²) in [7, 11) is -3.95. The highest BCUT2D eigenvalue weighted by molar-refractivity contribution is 7.89. The van der Waals surface area contributed by atoms with E-state index in [4.69, 9.17) is 9.88 Å². The zero-order valence-electron chi connectivity index (χ0n) is 14.4. The Kier molecular flexibility index (Phi) is 6.92. The molecule has 134 valence electrons. The Bertz CT molecular complexity index is 728. The fraction of sp³-hybridized carbons (Fsp3) is 0.500. The summed E-state index contributed by atoms with van der Waals surface area (Å²) in [6, 6.07) is 2.67. The molecule has 1 amide bonds. The minimum atomic E-state index is -3.95. The van der Waals surface area contributed by atoms with Crippen molar-refractivity contribution in [1.29, 1.82) is 0 Å². The van der Waals surface area contributed by atoms with Crippen LogP contribution in [-0.2, 0) is 19.6 Å². The first-order chi connectivity index (χ1) is 11.1. The van der Waals surface area contributed by atoms with Gasteiger partial charge in [0.05, 0.1) is 10.5 Å². The maximum atomic E-state index is 12.1. The minimum Gasteiger partial charge on any atom is -0.452 e. The van der Waals surface area contributed by atoms with E-state index < -0.39 is 28.5 Å². The number of benzene rings is 1. The number of primary sulfonamides is 1. The van der Waals surface area contributed by atoms with Gasteiger partial charge in [-0.2, -0.15) is 0 Å². The van der Waals surface area contributed by atoms with E-state index in [0.29, 0.717) is 11.1 Å². The van der Waals surface area contributed by atoms with Crippen LogP contribution in [0.25, 0.3) is 0 Å². The number of aryl methyl sites for hydroxylation is 1. The number of ether oxygens (including phenoxy) is 1. The second kappa shape index (κ2) is 8.25. The average molecular weight is 356 g/mol. The monoisotopic (exact) mass is 356 g/mol. The summed E-state index contributed by atoms with van der Waals surface area (Å²) in [4.78, 5) is 23.6. The first-order valence-electron chi connectivity index (χ1n) is 7.66. The molecule has 1 aromatic rings. The molecule has 24 heavy (non-hydrogen) atoms. The number of hydrogen-bond donors (Lipinski definition) is 2. The lowest BCUT2D eigenvalue weighted by Crippen LogP contribution is -2.35. The van der Waals surface area contributed by atoms with E-state index in [2.05, 4.69) is 5.32 Å². The number of nitrogens with two attached hydrogens (primary N) is 1. The molecule has 0 fully saturated rings. The van der Waals surface area contributed by atoms with Crippen molar-refractivity contribution in [3.05, 3.63) is 28.8 Å². The van der Waals surface area contributed by atoms with Crippen LogP contribution in [0, 0.1) is 13.8 Å². The lowest BCUT2D eigenvalue weighted by Gasteiger charge is -2.13. The number of carbonyl (C=O) groups excluding carboxylic acids is 2. The van der Waals surface area contributed by atoms with Crippen LogP contribution in [0.2, 0.25) is 0 Å². The van der Waals surface area contributed by atoms with Gasteiger partial charge in [-0.1, -0.05) is 13.3 Å². The third-order valence-corrected chi connectivity index (χ3v) is 4.66. The van der Waals surface area contributed by atoms with Crippen molar-refractivity contribution in [2.45, 2.75) is 51.5 Å². The molecule has 0 bridgehead atoms. The predicted molar refractivity (Wildman–Crippen MR) is 90.1 cm³/mol. The van der Waals surface area contributed by atoms with Crippen molar-refractivity contribution in [2.24, 2.45) is 5.14 Å². The maximum absolute atomic E-state index is 12.1. The first-order valence-corrected chi connectivity index (χ1v) is 9.21. The van der Waals surface area contributed by atoms with E-state index in [1.54, 1.807) is 13.8 Å². The Balaban J connectivity index is 2.82. The molecular formula is C16H24N2O5S. The molecule has 1 aromatic carbocycles. The fourth-order valence-corrected chi connectivity index (χ4v) is 3.16. The van der Waals surface area contributed by atoms with E-state index in [0.717, 1.165) is 18.9 Å². The van der Waals surface area contributed by atoms with E-state index in [1.165, 1.54) is 6.07 Å². The van der Waals surface area contributed by atoms with Crippen molar-refractivity contribution in [1.82, 2.24) is 5.32 Å². The summed E-state index contributed by atoms with van der Waals surface area (Å²) in [5, 5.41) is 7.87. The van der Waals surface area contributed by atoms with Crippen LogP contribution in [-0.4, -0.2) is 32.9 Å². The summed E-state index contributed by atoms with van der Waals surface area (Å²) in [6.45, 7) is 6.72. The second-order valence-electron chi connectivity index (χ2n) is 5.79. The van der Waals surface area contributed by atoms with Gasteiger partial charge in [0.15, 0.2) is 6.61 Å². The smallest absolute Gasteiger partial charge is 0.338 e. The van der Waals surface area contributed by atoms with Gasteiger partial charge >= 0.3 is 5.97 Å². The van der Waals surface area contributed by atoms with E-state index >= 15 is 0 Å². The highest BCUT2D eigenvalue weighted by Gasteiger charge is 2.19. The van der Waals surface area contributed by atoms with Crippen LogP contribution in [0.3, 0.4) is 0 Å². The number of esters is 1. The van der Waals surface area contributed by atoms with Gasteiger partial charge in [0.1, 0.15) is 0 Å². The quantitative estimate of drug-likeness (QED) is 0.717. The largest absolute Gasteiger partial charge is 0.452 e. The highest BCUT2D eigenvalue weighted by Crippen LogP contribution is 2.20. The SMILES string of the molecule is CCCC(C)NC(=O)COC(=O)c1cc(C)c(C)c(S(N)(=O)=O)c1. The Morgan fingerprint density at radius 3 is 2.46 bits per heavy atom. The van der Waals surface area contributed by atoms with E-state index in [-0.39, 0.29) is 16.5 Å². The molecule has 0 spiro atoms. The first kappa shape index (κ1) is 20.1. The van der Waals surface area contributed by atoms with Gasteiger partial charge in [-0.3, -0.25) is 4.79 Å².